The summed E-state index contributed by atoms with van der Waals surface area (Å²) in [6, 6.07) is 21.6. The largest absolute Gasteiger partial charge is 0.422 e. The van der Waals surface area contributed by atoms with Gasteiger partial charge >= 0.3 is 5.97 Å². The molecule has 6 nitrogen and oxygen atoms in total. The zero-order chi connectivity index (χ0) is 20.6. The minimum atomic E-state index is -1.34. The number of amides is 1. The fourth-order valence-corrected chi connectivity index (χ4v) is 2.56. The maximum absolute atomic E-state index is 12.3. The summed E-state index contributed by atoms with van der Waals surface area (Å²) < 4.78 is 5.41. The summed E-state index contributed by atoms with van der Waals surface area (Å²) in [5.41, 5.74) is 3.55. The van der Waals surface area contributed by atoms with E-state index in [1.54, 1.807) is 78.9 Å². The number of hydrogen-bond acceptors (Lipinski definition) is 5. The molecular weight excluding hydrogens is 392 g/mol. The first kappa shape index (κ1) is 20.3. The van der Waals surface area contributed by atoms with Gasteiger partial charge in [0.25, 0.3) is 5.91 Å². The quantitative estimate of drug-likeness (QED) is 0.281. The second kappa shape index (κ2) is 9.64. The molecule has 0 aliphatic carbocycles. The number of carbonyl (C=O) groups excluding carboxylic acids is 2. The van der Waals surface area contributed by atoms with Gasteiger partial charge in [-0.15, -0.1) is 0 Å². The van der Waals surface area contributed by atoms with Crippen molar-refractivity contribution in [2.75, 3.05) is 0 Å². The van der Waals surface area contributed by atoms with Crippen molar-refractivity contribution in [2.24, 2.45) is 5.10 Å². The molecule has 0 spiro atoms. The number of aliphatic hydroxyl groups excluding tert-OH is 1. The van der Waals surface area contributed by atoms with Gasteiger partial charge in [-0.25, -0.2) is 10.2 Å². The molecule has 3 rings (SSSR count). The average Bonchev–Trinajstić information content (AvgIpc) is 2.75. The van der Waals surface area contributed by atoms with Crippen LogP contribution in [0.3, 0.4) is 0 Å². The van der Waals surface area contributed by atoms with Crippen LogP contribution in [0.2, 0.25) is 5.02 Å². The van der Waals surface area contributed by atoms with E-state index in [9.17, 15) is 14.7 Å². The van der Waals surface area contributed by atoms with Crippen molar-refractivity contribution in [1.82, 2.24) is 5.43 Å². The van der Waals surface area contributed by atoms with E-state index in [1.165, 1.54) is 6.21 Å². The minimum Gasteiger partial charge on any atom is -0.422 e. The molecule has 29 heavy (non-hydrogen) atoms. The van der Waals surface area contributed by atoms with Gasteiger partial charge in [-0.2, -0.15) is 5.10 Å². The second-order valence-corrected chi connectivity index (χ2v) is 6.42. The predicted octanol–water partition coefficient (Wildman–Crippen LogP) is 3.74. The predicted molar refractivity (Wildman–Crippen MR) is 110 cm³/mol. The van der Waals surface area contributed by atoms with Gasteiger partial charge in [0.1, 0.15) is 5.75 Å². The molecule has 0 aliphatic heterocycles. The summed E-state index contributed by atoms with van der Waals surface area (Å²) >= 11 is 5.82. The number of esters is 1. The molecule has 1 atom stereocenters. The molecule has 0 aliphatic rings. The molecule has 1 amide bonds. The lowest BCUT2D eigenvalue weighted by Gasteiger charge is -2.09. The number of hydrogen-bond donors (Lipinski definition) is 2. The molecule has 0 heterocycles. The number of rotatable bonds is 6. The zero-order valence-corrected chi connectivity index (χ0v) is 15.9. The van der Waals surface area contributed by atoms with Crippen LogP contribution in [0.25, 0.3) is 0 Å². The van der Waals surface area contributed by atoms with Crippen LogP contribution in [-0.2, 0) is 4.79 Å². The smallest absolute Gasteiger partial charge is 0.343 e. The zero-order valence-electron chi connectivity index (χ0n) is 15.2. The lowest BCUT2D eigenvalue weighted by molar-refractivity contribution is -0.129. The van der Waals surface area contributed by atoms with Gasteiger partial charge in [-0.3, -0.25) is 4.79 Å². The second-order valence-electron chi connectivity index (χ2n) is 5.98. The Morgan fingerprint density at radius 1 is 0.966 bits per heavy atom. The van der Waals surface area contributed by atoms with Crippen molar-refractivity contribution in [3.63, 3.8) is 0 Å². The lowest BCUT2D eigenvalue weighted by atomic mass is 10.1. The minimum absolute atomic E-state index is 0.272. The van der Waals surface area contributed by atoms with Gasteiger partial charge < -0.3 is 9.84 Å². The fraction of sp³-hybridized carbons (Fsp3) is 0.0455. The Balaban J connectivity index is 1.66. The summed E-state index contributed by atoms with van der Waals surface area (Å²) in [5.74, 6) is -0.955. The molecular formula is C22H17ClN2O4. The number of aliphatic hydroxyl groups is 1. The van der Waals surface area contributed by atoms with E-state index in [4.69, 9.17) is 16.3 Å². The third-order valence-corrected chi connectivity index (χ3v) is 4.20. The van der Waals surface area contributed by atoms with Gasteiger partial charge in [0.05, 0.1) is 11.8 Å². The van der Waals surface area contributed by atoms with Gasteiger partial charge in [0, 0.05) is 10.6 Å². The third-order valence-electron chi connectivity index (χ3n) is 3.94. The fourth-order valence-electron chi connectivity index (χ4n) is 2.44. The number of nitrogens with one attached hydrogen (secondary N) is 1. The highest BCUT2D eigenvalue weighted by molar-refractivity contribution is 6.30. The molecule has 0 aromatic heterocycles. The van der Waals surface area contributed by atoms with Crippen LogP contribution < -0.4 is 10.2 Å². The van der Waals surface area contributed by atoms with E-state index in [-0.39, 0.29) is 5.75 Å². The molecule has 0 saturated carbocycles. The number of halogens is 1. The van der Waals surface area contributed by atoms with Crippen LogP contribution >= 0.6 is 11.6 Å². The van der Waals surface area contributed by atoms with Crippen molar-refractivity contribution in [3.8, 4) is 5.75 Å². The maximum Gasteiger partial charge on any atom is 0.343 e. The van der Waals surface area contributed by atoms with Crippen molar-refractivity contribution >= 4 is 29.7 Å². The van der Waals surface area contributed by atoms with Gasteiger partial charge in [0.15, 0.2) is 6.10 Å². The first-order chi connectivity index (χ1) is 14.0. The molecule has 0 fully saturated rings. The van der Waals surface area contributed by atoms with Gasteiger partial charge in [-0.1, -0.05) is 54.1 Å². The molecule has 3 aromatic carbocycles. The van der Waals surface area contributed by atoms with Crippen LogP contribution in [0, 0.1) is 0 Å². The lowest BCUT2D eigenvalue weighted by Crippen LogP contribution is -2.25. The van der Waals surface area contributed by atoms with Crippen molar-refractivity contribution < 1.29 is 19.4 Å². The normalized spacial score (nSPS) is 11.8. The van der Waals surface area contributed by atoms with Gasteiger partial charge in [-0.05, 0) is 42.0 Å². The summed E-state index contributed by atoms with van der Waals surface area (Å²) in [5, 5.41) is 14.4. The molecule has 0 radical (unpaired) electrons. The molecule has 0 unspecified atom stereocenters. The Labute approximate surface area is 172 Å². The average molecular weight is 409 g/mol. The number of ether oxygens (including phenoxy) is 1. The maximum atomic E-state index is 12.3. The standard InChI is InChI=1S/C22H17ClN2O4/c23-18-12-10-16(11-13-18)22(28)29-19-9-5-4-8-17(19)14-24-25-21(27)20(26)15-6-2-1-3-7-15/h1-14,20,26H,(H,25,27)/b24-14-/t20-/m0/s1. The highest BCUT2D eigenvalue weighted by atomic mass is 35.5. The number of carbonyl (C=O) groups is 2. The number of benzene rings is 3. The SMILES string of the molecule is O=C(Oc1ccccc1/C=N\NC(=O)[C@@H](O)c1ccccc1)c1ccc(Cl)cc1. The first-order valence-corrected chi connectivity index (χ1v) is 9.05. The van der Waals surface area contributed by atoms with Crippen LogP contribution in [0.4, 0.5) is 0 Å². The van der Waals surface area contributed by atoms with E-state index >= 15 is 0 Å². The van der Waals surface area contributed by atoms with E-state index in [1.807, 2.05) is 0 Å². The van der Waals surface area contributed by atoms with E-state index in [2.05, 4.69) is 10.5 Å². The van der Waals surface area contributed by atoms with Crippen LogP contribution in [-0.4, -0.2) is 23.2 Å². The van der Waals surface area contributed by atoms with Crippen molar-refractivity contribution in [3.05, 3.63) is 101 Å². The molecule has 146 valence electrons. The number of nitrogens with zero attached hydrogens (tertiary/aromatic N) is 1. The summed E-state index contributed by atoms with van der Waals surface area (Å²) in [6.07, 6.45) is -0.00794. The molecule has 3 aromatic rings. The summed E-state index contributed by atoms with van der Waals surface area (Å²) in [6.45, 7) is 0. The summed E-state index contributed by atoms with van der Waals surface area (Å²) in [7, 11) is 0. The highest BCUT2D eigenvalue weighted by Gasteiger charge is 2.16. The van der Waals surface area contributed by atoms with E-state index in [0.29, 0.717) is 21.7 Å². The van der Waals surface area contributed by atoms with Gasteiger partial charge in [0.2, 0.25) is 0 Å². The van der Waals surface area contributed by atoms with Crippen LogP contribution in [0.15, 0.2) is 84.0 Å². The topological polar surface area (TPSA) is 88.0 Å². The molecule has 2 N–H and O–H groups in total. The Hall–Kier alpha value is -3.48. The third kappa shape index (κ3) is 5.51. The molecule has 0 saturated heterocycles. The molecule has 0 bridgehead atoms. The highest BCUT2D eigenvalue weighted by Crippen LogP contribution is 2.19. The monoisotopic (exact) mass is 408 g/mol. The Morgan fingerprint density at radius 3 is 2.34 bits per heavy atom. The Morgan fingerprint density at radius 2 is 1.62 bits per heavy atom. The van der Waals surface area contributed by atoms with Crippen LogP contribution in [0.5, 0.6) is 5.75 Å². The number of hydrazone groups is 1. The Bertz CT molecular complexity index is 1020. The van der Waals surface area contributed by atoms with Crippen molar-refractivity contribution in [1.29, 1.82) is 0 Å². The van der Waals surface area contributed by atoms with E-state index in [0.717, 1.165) is 0 Å². The number of para-hydroxylation sites is 1. The molecule has 7 heteroatoms. The van der Waals surface area contributed by atoms with E-state index < -0.39 is 18.0 Å². The summed E-state index contributed by atoms with van der Waals surface area (Å²) in [4.78, 5) is 24.3. The van der Waals surface area contributed by atoms with Crippen molar-refractivity contribution in [2.45, 2.75) is 6.10 Å². The Kier molecular flexibility index (Phi) is 6.73. The first-order valence-electron chi connectivity index (χ1n) is 8.67. The van der Waals surface area contributed by atoms with Crippen LogP contribution in [0.1, 0.15) is 27.6 Å².